The van der Waals surface area contributed by atoms with Crippen molar-refractivity contribution in [3.63, 3.8) is 0 Å². The Morgan fingerprint density at radius 3 is 1.44 bits per heavy atom. The number of rotatable bonds is 6. The largest absolute Gasteiger partial charge is 0.456 e. The first-order chi connectivity index (χ1) is 29.3. The molecule has 0 saturated carbocycles. The molecule has 3 nitrogen and oxygen atoms in total. The fourth-order valence-corrected chi connectivity index (χ4v) is 10.9. The molecule has 0 amide bonds. The lowest BCUT2D eigenvalue weighted by atomic mass is 9.67. The number of furan rings is 1. The van der Waals surface area contributed by atoms with Gasteiger partial charge >= 0.3 is 0 Å². The fourth-order valence-electron chi connectivity index (χ4n) is 9.70. The predicted octanol–water partition coefficient (Wildman–Crippen LogP) is 15.4. The van der Waals surface area contributed by atoms with E-state index in [1.807, 2.05) is 11.8 Å². The Labute approximate surface area is 347 Å². The summed E-state index contributed by atoms with van der Waals surface area (Å²) in [4.78, 5) is 7.17. The van der Waals surface area contributed by atoms with Crippen molar-refractivity contribution in [2.24, 2.45) is 0 Å². The zero-order chi connectivity index (χ0) is 38.9. The SMILES string of the molecule is c1ccc(N(c2ccccc2)c2ccc3c(c2)C2(c4cc5c(cc4S3)oc3cccc(N(c4ccccc4)c4ccccc4)c35)c3ccccc3-c3ccccc32)cc1. The van der Waals surface area contributed by atoms with Gasteiger partial charge in [-0.05, 0) is 124 Å². The van der Waals surface area contributed by atoms with Crippen molar-refractivity contribution >= 4 is 67.8 Å². The smallest absolute Gasteiger partial charge is 0.137 e. The minimum Gasteiger partial charge on any atom is -0.456 e. The zero-order valence-corrected chi connectivity index (χ0v) is 32.8. The monoisotopic (exact) mass is 772 g/mol. The first-order valence-corrected chi connectivity index (χ1v) is 20.9. The van der Waals surface area contributed by atoms with Crippen LogP contribution in [0.1, 0.15) is 22.3 Å². The molecule has 1 aliphatic carbocycles. The second-order valence-electron chi connectivity index (χ2n) is 15.2. The van der Waals surface area contributed by atoms with Gasteiger partial charge in [-0.2, -0.15) is 0 Å². The highest BCUT2D eigenvalue weighted by atomic mass is 32.2. The third-order valence-corrected chi connectivity index (χ3v) is 13.2. The van der Waals surface area contributed by atoms with Crippen LogP contribution in [-0.4, -0.2) is 0 Å². The maximum atomic E-state index is 6.86. The van der Waals surface area contributed by atoms with Gasteiger partial charge in [0.25, 0.3) is 0 Å². The summed E-state index contributed by atoms with van der Waals surface area (Å²) in [7, 11) is 0. The van der Waals surface area contributed by atoms with Gasteiger partial charge in [0, 0.05) is 43.6 Å². The van der Waals surface area contributed by atoms with Gasteiger partial charge < -0.3 is 14.2 Å². The Kier molecular flexibility index (Phi) is 7.69. The van der Waals surface area contributed by atoms with Gasteiger partial charge in [0.1, 0.15) is 11.2 Å². The Morgan fingerprint density at radius 1 is 0.356 bits per heavy atom. The molecule has 0 N–H and O–H groups in total. The fraction of sp³-hybridized carbons (Fsp3) is 0.0182. The van der Waals surface area contributed by atoms with Gasteiger partial charge in [-0.1, -0.05) is 139 Å². The Morgan fingerprint density at radius 2 is 0.864 bits per heavy atom. The highest BCUT2D eigenvalue weighted by Gasteiger charge is 2.50. The van der Waals surface area contributed by atoms with Crippen LogP contribution < -0.4 is 9.80 Å². The number of benzene rings is 9. The van der Waals surface area contributed by atoms with Crippen LogP contribution in [0.25, 0.3) is 33.1 Å². The summed E-state index contributed by atoms with van der Waals surface area (Å²) >= 11 is 1.84. The summed E-state index contributed by atoms with van der Waals surface area (Å²) in [5.74, 6) is 0. The van der Waals surface area contributed by atoms with Crippen molar-refractivity contribution in [1.29, 1.82) is 0 Å². The molecule has 278 valence electrons. The van der Waals surface area contributed by atoms with E-state index in [2.05, 4.69) is 228 Å². The predicted molar refractivity (Wildman–Crippen MR) is 245 cm³/mol. The molecule has 1 aliphatic heterocycles. The zero-order valence-electron chi connectivity index (χ0n) is 32.0. The van der Waals surface area contributed by atoms with E-state index in [4.69, 9.17) is 4.42 Å². The normalized spacial score (nSPS) is 13.2. The van der Waals surface area contributed by atoms with Crippen molar-refractivity contribution in [2.45, 2.75) is 15.2 Å². The average Bonchev–Trinajstić information content (AvgIpc) is 3.81. The summed E-state index contributed by atoms with van der Waals surface area (Å²) in [6, 6.07) is 79.1. The molecular weight excluding hydrogens is 737 g/mol. The number of nitrogens with zero attached hydrogens (tertiary/aromatic N) is 2. The lowest BCUT2D eigenvalue weighted by Crippen LogP contribution is -2.32. The molecular formula is C55H36N2OS. The van der Waals surface area contributed by atoms with Crippen LogP contribution in [0.2, 0.25) is 0 Å². The molecule has 9 aromatic carbocycles. The summed E-state index contributed by atoms with van der Waals surface area (Å²) in [6.45, 7) is 0. The summed E-state index contributed by atoms with van der Waals surface area (Å²) < 4.78 is 6.86. The topological polar surface area (TPSA) is 19.6 Å². The van der Waals surface area contributed by atoms with E-state index in [1.165, 1.54) is 43.2 Å². The highest BCUT2D eigenvalue weighted by molar-refractivity contribution is 7.99. The molecule has 10 aromatic rings. The Balaban J connectivity index is 1.16. The van der Waals surface area contributed by atoms with Crippen LogP contribution in [0, 0.1) is 0 Å². The maximum absolute atomic E-state index is 6.86. The second kappa shape index (κ2) is 13.4. The second-order valence-corrected chi connectivity index (χ2v) is 16.3. The summed E-state index contributed by atoms with van der Waals surface area (Å²) in [5.41, 5.74) is 15.5. The van der Waals surface area contributed by atoms with Crippen LogP contribution >= 0.6 is 11.8 Å². The Bertz CT molecular complexity index is 3070. The standard InChI is InChI=1S/C55H36N2OS/c1-5-18-37(19-6-1)56(38-20-7-2-8-21-38)41-32-33-52-47(34-41)55(45-28-15-13-26-42(45)43-27-14-16-29-46(43)55)48-35-44-51(36-53(48)59-52)58-50-31-17-30-49(54(44)50)57(39-22-9-3-10-23-39)40-24-11-4-12-25-40/h1-36H. The van der Waals surface area contributed by atoms with E-state index in [0.717, 1.165) is 56.1 Å². The van der Waals surface area contributed by atoms with E-state index in [0.29, 0.717) is 0 Å². The molecule has 1 aromatic heterocycles. The van der Waals surface area contributed by atoms with Crippen molar-refractivity contribution in [3.05, 3.63) is 241 Å². The maximum Gasteiger partial charge on any atom is 0.137 e. The third-order valence-electron chi connectivity index (χ3n) is 12.1. The molecule has 2 heterocycles. The van der Waals surface area contributed by atoms with E-state index in [1.54, 1.807) is 0 Å². The number of anilines is 6. The lowest BCUT2D eigenvalue weighted by Gasteiger charge is -2.40. The van der Waals surface area contributed by atoms with Crippen molar-refractivity contribution < 1.29 is 4.42 Å². The van der Waals surface area contributed by atoms with Crippen molar-refractivity contribution in [3.8, 4) is 11.1 Å². The molecule has 2 aliphatic rings. The van der Waals surface area contributed by atoms with Crippen LogP contribution in [-0.2, 0) is 5.41 Å². The number of fused-ring (bicyclic) bond motifs is 12. The molecule has 59 heavy (non-hydrogen) atoms. The third kappa shape index (κ3) is 5.10. The molecule has 0 bridgehead atoms. The van der Waals surface area contributed by atoms with Gasteiger partial charge in [-0.15, -0.1) is 0 Å². The van der Waals surface area contributed by atoms with Gasteiger partial charge in [0.05, 0.1) is 16.5 Å². The van der Waals surface area contributed by atoms with Crippen molar-refractivity contribution in [1.82, 2.24) is 0 Å². The highest BCUT2D eigenvalue weighted by Crippen LogP contribution is 2.63. The number of hydrogen-bond donors (Lipinski definition) is 0. The molecule has 0 radical (unpaired) electrons. The molecule has 0 saturated heterocycles. The van der Waals surface area contributed by atoms with E-state index >= 15 is 0 Å². The van der Waals surface area contributed by atoms with E-state index in [9.17, 15) is 0 Å². The molecule has 0 atom stereocenters. The molecule has 4 heteroatoms. The quantitative estimate of drug-likeness (QED) is 0.168. The molecule has 0 unspecified atom stereocenters. The summed E-state index contributed by atoms with van der Waals surface area (Å²) in [5, 5.41) is 2.19. The van der Waals surface area contributed by atoms with Crippen molar-refractivity contribution in [2.75, 3.05) is 9.80 Å². The van der Waals surface area contributed by atoms with Gasteiger partial charge in [0.15, 0.2) is 0 Å². The Hall–Kier alpha value is -7.27. The lowest BCUT2D eigenvalue weighted by molar-refractivity contribution is 0.664. The minimum absolute atomic E-state index is 0.594. The molecule has 1 spiro atoms. The van der Waals surface area contributed by atoms with E-state index in [-0.39, 0.29) is 0 Å². The van der Waals surface area contributed by atoms with Gasteiger partial charge in [0.2, 0.25) is 0 Å². The van der Waals surface area contributed by atoms with Crippen LogP contribution in [0.15, 0.2) is 233 Å². The first kappa shape index (κ1) is 33.8. The first-order valence-electron chi connectivity index (χ1n) is 20.1. The van der Waals surface area contributed by atoms with Gasteiger partial charge in [-0.25, -0.2) is 0 Å². The number of para-hydroxylation sites is 4. The van der Waals surface area contributed by atoms with Crippen LogP contribution in [0.3, 0.4) is 0 Å². The number of hydrogen-bond acceptors (Lipinski definition) is 4. The van der Waals surface area contributed by atoms with Crippen LogP contribution in [0.5, 0.6) is 0 Å². The van der Waals surface area contributed by atoms with Gasteiger partial charge in [-0.3, -0.25) is 0 Å². The average molecular weight is 773 g/mol. The minimum atomic E-state index is -0.594. The molecule has 12 rings (SSSR count). The molecule has 0 fully saturated rings. The summed E-state index contributed by atoms with van der Waals surface area (Å²) in [6.07, 6.45) is 0. The van der Waals surface area contributed by atoms with Crippen LogP contribution in [0.4, 0.5) is 34.1 Å². The van der Waals surface area contributed by atoms with E-state index < -0.39 is 5.41 Å².